The molecule has 5 N–H and O–H groups in total. The van der Waals surface area contributed by atoms with Crippen molar-refractivity contribution in [3.05, 3.63) is 35.2 Å². The molecule has 244 valence electrons. The lowest BCUT2D eigenvalue weighted by molar-refractivity contribution is -0.184. The second-order valence-electron chi connectivity index (χ2n) is 11.9. The molecule has 0 radical (unpaired) electrons. The summed E-state index contributed by atoms with van der Waals surface area (Å²) >= 11 is 0. The first kappa shape index (κ1) is 29.0. The molecule has 0 spiro atoms. The van der Waals surface area contributed by atoms with E-state index in [1.807, 2.05) is 0 Å². The molecule has 4 aromatic rings. The summed E-state index contributed by atoms with van der Waals surface area (Å²) in [5, 5.41) is 0. The number of hydrogen-bond donors (Lipinski definition) is 4. The Hall–Kier alpha value is -3.20. The number of phosphoric ester groups is 2. The van der Waals surface area contributed by atoms with Crippen molar-refractivity contribution in [1.82, 2.24) is 39.0 Å². The van der Waals surface area contributed by atoms with Crippen molar-refractivity contribution in [2.75, 3.05) is 25.6 Å². The molecular formula is C23H25N9O12P2. The van der Waals surface area contributed by atoms with Gasteiger partial charge in [-0.2, -0.15) is 0 Å². The van der Waals surface area contributed by atoms with Crippen molar-refractivity contribution >= 4 is 43.8 Å². The van der Waals surface area contributed by atoms with Gasteiger partial charge in [0.2, 0.25) is 0 Å². The van der Waals surface area contributed by atoms with Gasteiger partial charge in [-0.15, -0.1) is 0 Å². The highest BCUT2D eigenvalue weighted by atomic mass is 31.2. The summed E-state index contributed by atoms with van der Waals surface area (Å²) in [7, 11) is -9.75. The zero-order chi connectivity index (χ0) is 31.8. The van der Waals surface area contributed by atoms with Gasteiger partial charge in [0.25, 0.3) is 5.56 Å². The minimum absolute atomic E-state index is 0.0126. The number of imidazole rings is 2. The van der Waals surface area contributed by atoms with Gasteiger partial charge in [0.05, 0.1) is 32.5 Å². The van der Waals surface area contributed by atoms with E-state index in [9.17, 15) is 23.7 Å². The van der Waals surface area contributed by atoms with E-state index in [1.165, 1.54) is 28.1 Å². The molecule has 21 nitrogen and oxygen atoms in total. The molecule has 23 heteroatoms. The van der Waals surface area contributed by atoms with Crippen LogP contribution in [-0.2, 0) is 41.4 Å². The van der Waals surface area contributed by atoms with Crippen molar-refractivity contribution in [3.8, 4) is 0 Å². The van der Waals surface area contributed by atoms with Gasteiger partial charge in [-0.1, -0.05) is 0 Å². The maximum Gasteiger partial charge on any atom is 0.472 e. The van der Waals surface area contributed by atoms with Crippen LogP contribution in [0.2, 0.25) is 0 Å². The molecule has 4 aromatic heterocycles. The normalized spacial score (nSPS) is 42.0. The number of aryl methyl sites for hydroxylation is 1. The van der Waals surface area contributed by atoms with Gasteiger partial charge in [-0.05, 0) is 13.3 Å². The maximum atomic E-state index is 13.5. The molecule has 46 heavy (non-hydrogen) atoms. The maximum absolute atomic E-state index is 13.5. The summed E-state index contributed by atoms with van der Waals surface area (Å²) in [5.41, 5.74) is 3.30. The zero-order valence-electron chi connectivity index (χ0n) is 23.6. The highest BCUT2D eigenvalue weighted by Gasteiger charge is 2.71. The Labute approximate surface area is 256 Å². The molecule has 2 unspecified atom stereocenters. The number of phosphoric acid groups is 2. The number of hydrogen-bond acceptors (Lipinski definition) is 16. The molecule has 0 aromatic carbocycles. The lowest BCUT2D eigenvalue weighted by Crippen LogP contribution is -2.46. The molecule has 1 saturated carbocycles. The number of H-pyrrole nitrogens is 1. The summed E-state index contributed by atoms with van der Waals surface area (Å²) in [6, 6.07) is 0. The molecule has 8 heterocycles. The lowest BCUT2D eigenvalue weighted by atomic mass is 10.0. The monoisotopic (exact) mass is 681 g/mol. The van der Waals surface area contributed by atoms with Gasteiger partial charge >= 0.3 is 15.6 Å². The highest BCUT2D eigenvalue weighted by molar-refractivity contribution is 7.47. The van der Waals surface area contributed by atoms with Crippen molar-refractivity contribution in [2.24, 2.45) is 5.92 Å². The van der Waals surface area contributed by atoms with E-state index in [0.717, 1.165) is 0 Å². The van der Waals surface area contributed by atoms with Crippen LogP contribution >= 0.6 is 15.6 Å². The summed E-state index contributed by atoms with van der Waals surface area (Å²) in [6.45, 7) is 0.265. The van der Waals surface area contributed by atoms with E-state index in [-0.39, 0.29) is 41.2 Å². The largest absolute Gasteiger partial charge is 0.472 e. The fourth-order valence-corrected chi connectivity index (χ4v) is 8.85. The summed E-state index contributed by atoms with van der Waals surface area (Å²) in [5.74, 6) is -0.145. The minimum atomic E-state index is -4.90. The van der Waals surface area contributed by atoms with Crippen LogP contribution in [-0.4, -0.2) is 98.2 Å². The second-order valence-corrected chi connectivity index (χ2v) is 14.7. The number of nitrogens with two attached hydrogens (primary N) is 1. The van der Waals surface area contributed by atoms with Crippen molar-refractivity contribution < 1.29 is 51.2 Å². The molecule has 0 amide bonds. The van der Waals surface area contributed by atoms with Gasteiger partial charge in [0.15, 0.2) is 35.1 Å². The summed E-state index contributed by atoms with van der Waals surface area (Å²) in [4.78, 5) is 57.8. The first-order valence-electron chi connectivity index (χ1n) is 14.0. The van der Waals surface area contributed by atoms with Crippen LogP contribution in [0.25, 0.3) is 22.3 Å². The number of rotatable bonds is 2. The number of aromatic amines is 1. The standard InChI is InChI=1S/C23H25N9O12P2/c1-9-29-18-12(19(33)30-9)28-8-32(18)20-13-10-2-22(10,41-20)4-39-46(36,37)44-15-14-21(31-7-27-11-16(24)25-6-26-17(11)31)42-23(15,3-38-14)5-40-45(34,35)43-13/h6-8,10,13-15,20-21H,2-5H2,1H3,(H,34,35)(H,36,37)(H2,24,25,26)(H,29,30,33)/t10-,13+,14+,15-,20+,21+,22+,23+/m0/s1. The van der Waals surface area contributed by atoms with E-state index in [0.29, 0.717) is 5.82 Å². The Kier molecular flexibility index (Phi) is 5.95. The Morgan fingerprint density at radius 1 is 0.913 bits per heavy atom. The number of fused-ring (bicyclic) bond motifs is 2. The van der Waals surface area contributed by atoms with Gasteiger partial charge in [0, 0.05) is 5.92 Å². The van der Waals surface area contributed by atoms with E-state index in [4.69, 9.17) is 38.0 Å². The number of nitrogens with zero attached hydrogens (tertiary/aromatic N) is 7. The van der Waals surface area contributed by atoms with Crippen LogP contribution < -0.4 is 11.3 Å². The van der Waals surface area contributed by atoms with Crippen molar-refractivity contribution in [1.29, 1.82) is 0 Å². The average molecular weight is 681 g/mol. The number of ether oxygens (including phenoxy) is 3. The molecular weight excluding hydrogens is 656 g/mol. The Morgan fingerprint density at radius 3 is 2.39 bits per heavy atom. The number of aromatic nitrogens is 8. The van der Waals surface area contributed by atoms with Gasteiger partial charge in [-0.3, -0.25) is 32.0 Å². The van der Waals surface area contributed by atoms with Crippen LogP contribution in [0.1, 0.15) is 24.7 Å². The molecule has 10 atom stereocenters. The smallest absolute Gasteiger partial charge is 0.382 e. The van der Waals surface area contributed by atoms with E-state index in [1.54, 1.807) is 6.92 Å². The third kappa shape index (κ3) is 4.22. The minimum Gasteiger partial charge on any atom is -0.382 e. The quantitative estimate of drug-likeness (QED) is 0.200. The predicted octanol–water partition coefficient (Wildman–Crippen LogP) is -0.178. The van der Waals surface area contributed by atoms with Crippen molar-refractivity contribution in [2.45, 2.75) is 55.3 Å². The third-order valence-corrected chi connectivity index (χ3v) is 10.9. The lowest BCUT2D eigenvalue weighted by Gasteiger charge is -2.32. The van der Waals surface area contributed by atoms with Gasteiger partial charge < -0.3 is 34.7 Å². The third-order valence-electron chi connectivity index (χ3n) is 9.02. The number of nitrogens with one attached hydrogen (secondary N) is 1. The fourth-order valence-electron chi connectivity index (χ4n) is 6.80. The van der Waals surface area contributed by atoms with Crippen molar-refractivity contribution in [3.63, 3.8) is 0 Å². The van der Waals surface area contributed by atoms with Crippen LogP contribution in [0, 0.1) is 12.8 Å². The SMILES string of the molecule is Cc1nc2c(ncn2[C@@H]2O[C@]34COP(=O)(O)O[C@H]5[C@H]6OC[C@]5(COP(=O)(O)O[C@@H]2[C@@H]3C4)O[C@H]6n2cnc3c(N)ncnc32)c(=O)[nH]1. The molecule has 4 bridgehead atoms. The van der Waals surface area contributed by atoms with Crippen LogP contribution in [0.4, 0.5) is 5.82 Å². The number of nitrogen functional groups attached to an aromatic ring is 1. The molecule has 5 fully saturated rings. The second kappa shape index (κ2) is 9.45. The summed E-state index contributed by atoms with van der Waals surface area (Å²) in [6.07, 6.45) is -1.46. The van der Waals surface area contributed by atoms with E-state index in [2.05, 4.69) is 29.9 Å². The van der Waals surface area contributed by atoms with Gasteiger partial charge in [0.1, 0.15) is 47.2 Å². The van der Waals surface area contributed by atoms with Crippen LogP contribution in [0.15, 0.2) is 23.8 Å². The molecule has 4 saturated heterocycles. The van der Waals surface area contributed by atoms with Gasteiger partial charge in [-0.25, -0.2) is 34.0 Å². The first-order valence-corrected chi connectivity index (χ1v) is 17.0. The molecule has 1 aliphatic carbocycles. The molecule has 4 aliphatic heterocycles. The van der Waals surface area contributed by atoms with E-state index >= 15 is 0 Å². The molecule has 9 rings (SSSR count). The molecule has 5 aliphatic rings. The Bertz CT molecular complexity index is 2090. The Morgan fingerprint density at radius 2 is 1.59 bits per heavy atom. The predicted molar refractivity (Wildman–Crippen MR) is 147 cm³/mol. The highest BCUT2D eigenvalue weighted by Crippen LogP contribution is 2.66. The first-order chi connectivity index (χ1) is 21.9. The van der Waals surface area contributed by atoms with E-state index < -0.39 is 82.3 Å². The topological polar surface area (TPSA) is 272 Å². The summed E-state index contributed by atoms with van der Waals surface area (Å²) < 4.78 is 70.8. The fraction of sp³-hybridized carbons (Fsp3) is 0.565. The van der Waals surface area contributed by atoms with Crippen LogP contribution in [0.5, 0.6) is 0 Å². The van der Waals surface area contributed by atoms with Crippen LogP contribution in [0.3, 0.4) is 0 Å². The number of anilines is 1. The Balaban J connectivity index is 1.07. The zero-order valence-corrected chi connectivity index (χ0v) is 25.4. The average Bonchev–Trinajstić information content (AvgIpc) is 3.48.